The van der Waals surface area contributed by atoms with Crippen LogP contribution >= 0.6 is 24.0 Å². The van der Waals surface area contributed by atoms with E-state index in [2.05, 4.69) is 15.6 Å². The maximum Gasteiger partial charge on any atom is 0.191 e. The minimum atomic E-state index is -0.235. The second kappa shape index (κ2) is 11.6. The first kappa shape index (κ1) is 22.0. The number of hydrogen-bond donors (Lipinski definition) is 2. The van der Waals surface area contributed by atoms with Gasteiger partial charge in [0.1, 0.15) is 5.82 Å². The molecule has 0 aromatic heterocycles. The van der Waals surface area contributed by atoms with E-state index in [4.69, 9.17) is 9.47 Å². The first-order valence-corrected chi connectivity index (χ1v) is 8.15. The minimum absolute atomic E-state index is 0. The second-order valence-electron chi connectivity index (χ2n) is 5.29. The van der Waals surface area contributed by atoms with Crippen LogP contribution in [0.5, 0.6) is 11.5 Å². The molecule has 0 fully saturated rings. The summed E-state index contributed by atoms with van der Waals surface area (Å²) in [5, 5.41) is 6.30. The smallest absolute Gasteiger partial charge is 0.191 e. The van der Waals surface area contributed by atoms with Crippen molar-refractivity contribution in [3.8, 4) is 11.5 Å². The molecular formula is C19H25FIN3O2. The molecule has 0 amide bonds. The summed E-state index contributed by atoms with van der Waals surface area (Å²) in [4.78, 5) is 4.15. The lowest BCUT2D eigenvalue weighted by atomic mass is 10.2. The lowest BCUT2D eigenvalue weighted by Crippen LogP contribution is -2.36. The Morgan fingerprint density at radius 3 is 2.46 bits per heavy atom. The van der Waals surface area contributed by atoms with Gasteiger partial charge < -0.3 is 20.1 Å². The molecule has 0 bridgehead atoms. The molecule has 0 heterocycles. The van der Waals surface area contributed by atoms with Crippen LogP contribution in [-0.4, -0.2) is 26.7 Å². The molecule has 0 radical (unpaired) electrons. The van der Waals surface area contributed by atoms with Gasteiger partial charge in [0.2, 0.25) is 0 Å². The van der Waals surface area contributed by atoms with Gasteiger partial charge in [-0.1, -0.05) is 24.3 Å². The van der Waals surface area contributed by atoms with E-state index in [9.17, 15) is 4.39 Å². The highest BCUT2D eigenvalue weighted by Crippen LogP contribution is 2.27. The molecule has 0 aliphatic carbocycles. The summed E-state index contributed by atoms with van der Waals surface area (Å²) in [6.07, 6.45) is 0. The van der Waals surface area contributed by atoms with E-state index in [1.54, 1.807) is 26.3 Å². The summed E-state index contributed by atoms with van der Waals surface area (Å²) in [5.74, 6) is 1.77. The standard InChI is InChI=1S/C19H24FN3O2.HI/c1-4-25-17-10-9-14(11-18(17)24-3)12-22-19(21-2)23-13-15-7-5-6-8-16(15)20;/h5-11H,4,12-13H2,1-3H3,(H2,21,22,23);1H. The first-order chi connectivity index (χ1) is 12.2. The molecule has 142 valence electrons. The maximum absolute atomic E-state index is 13.7. The van der Waals surface area contributed by atoms with Crippen molar-refractivity contribution in [1.29, 1.82) is 0 Å². The third-order valence-corrected chi connectivity index (χ3v) is 3.62. The summed E-state index contributed by atoms with van der Waals surface area (Å²) in [6.45, 7) is 3.43. The van der Waals surface area contributed by atoms with E-state index in [1.807, 2.05) is 31.2 Å². The van der Waals surface area contributed by atoms with E-state index in [-0.39, 0.29) is 29.8 Å². The molecule has 0 aliphatic rings. The van der Waals surface area contributed by atoms with Gasteiger partial charge in [0, 0.05) is 25.7 Å². The molecule has 0 saturated heterocycles. The van der Waals surface area contributed by atoms with Gasteiger partial charge >= 0.3 is 0 Å². The number of benzene rings is 2. The van der Waals surface area contributed by atoms with Crippen molar-refractivity contribution in [2.75, 3.05) is 20.8 Å². The molecule has 2 aromatic carbocycles. The van der Waals surface area contributed by atoms with E-state index >= 15 is 0 Å². The van der Waals surface area contributed by atoms with Gasteiger partial charge in [0.15, 0.2) is 17.5 Å². The third-order valence-electron chi connectivity index (χ3n) is 3.62. The fourth-order valence-corrected chi connectivity index (χ4v) is 2.32. The van der Waals surface area contributed by atoms with Crippen molar-refractivity contribution in [3.63, 3.8) is 0 Å². The number of halogens is 2. The molecule has 2 aromatic rings. The van der Waals surface area contributed by atoms with Gasteiger partial charge in [0.05, 0.1) is 13.7 Å². The Kier molecular flexibility index (Phi) is 9.79. The number of guanidine groups is 1. The van der Waals surface area contributed by atoms with Crippen molar-refractivity contribution < 1.29 is 13.9 Å². The Labute approximate surface area is 171 Å². The molecule has 0 spiro atoms. The molecule has 2 N–H and O–H groups in total. The van der Waals surface area contributed by atoms with Crippen molar-refractivity contribution in [2.24, 2.45) is 4.99 Å². The fraction of sp³-hybridized carbons (Fsp3) is 0.316. The summed E-state index contributed by atoms with van der Waals surface area (Å²) >= 11 is 0. The molecule has 0 saturated carbocycles. The van der Waals surface area contributed by atoms with E-state index in [0.29, 0.717) is 37.0 Å². The number of methoxy groups -OCH3 is 1. The molecule has 26 heavy (non-hydrogen) atoms. The summed E-state index contributed by atoms with van der Waals surface area (Å²) in [6, 6.07) is 12.4. The van der Waals surface area contributed by atoms with Crippen LogP contribution in [0.15, 0.2) is 47.5 Å². The molecule has 7 heteroatoms. The number of nitrogens with one attached hydrogen (secondary N) is 2. The van der Waals surface area contributed by atoms with Crippen molar-refractivity contribution in [2.45, 2.75) is 20.0 Å². The lowest BCUT2D eigenvalue weighted by molar-refractivity contribution is 0.310. The minimum Gasteiger partial charge on any atom is -0.493 e. The second-order valence-corrected chi connectivity index (χ2v) is 5.29. The highest BCUT2D eigenvalue weighted by atomic mass is 127. The van der Waals surface area contributed by atoms with E-state index in [0.717, 1.165) is 11.3 Å². The van der Waals surface area contributed by atoms with Gasteiger partial charge in [-0.25, -0.2) is 4.39 Å². The lowest BCUT2D eigenvalue weighted by Gasteiger charge is -2.14. The first-order valence-electron chi connectivity index (χ1n) is 8.15. The van der Waals surface area contributed by atoms with Crippen LogP contribution in [0.1, 0.15) is 18.1 Å². The summed E-state index contributed by atoms with van der Waals surface area (Å²) < 4.78 is 24.5. The highest BCUT2D eigenvalue weighted by Gasteiger charge is 2.07. The van der Waals surface area contributed by atoms with Crippen molar-refractivity contribution in [1.82, 2.24) is 10.6 Å². The van der Waals surface area contributed by atoms with Gasteiger partial charge in [-0.3, -0.25) is 4.99 Å². The quantitative estimate of drug-likeness (QED) is 0.366. The van der Waals surface area contributed by atoms with Crippen molar-refractivity contribution in [3.05, 3.63) is 59.4 Å². The average Bonchev–Trinajstić information content (AvgIpc) is 2.64. The Bertz CT molecular complexity index is 726. The molecule has 0 aliphatic heterocycles. The molecule has 2 rings (SSSR count). The summed E-state index contributed by atoms with van der Waals surface area (Å²) in [7, 11) is 3.29. The number of aliphatic imine (C=N–C) groups is 1. The predicted molar refractivity (Wildman–Crippen MR) is 113 cm³/mol. The third kappa shape index (κ3) is 6.36. The van der Waals surface area contributed by atoms with E-state index < -0.39 is 0 Å². The molecule has 0 atom stereocenters. The van der Waals surface area contributed by atoms with Gasteiger partial charge in [-0.05, 0) is 30.7 Å². The predicted octanol–water partition coefficient (Wildman–Crippen LogP) is 3.72. The fourth-order valence-electron chi connectivity index (χ4n) is 2.32. The highest BCUT2D eigenvalue weighted by molar-refractivity contribution is 14.0. The largest absolute Gasteiger partial charge is 0.493 e. The van der Waals surface area contributed by atoms with Crippen LogP contribution in [-0.2, 0) is 13.1 Å². The summed E-state index contributed by atoms with van der Waals surface area (Å²) in [5.41, 5.74) is 1.61. The number of nitrogens with zero attached hydrogens (tertiary/aromatic N) is 1. The maximum atomic E-state index is 13.7. The molecular weight excluding hydrogens is 448 g/mol. The molecule has 0 unspecified atom stereocenters. The number of hydrogen-bond acceptors (Lipinski definition) is 3. The van der Waals surface area contributed by atoms with Crippen LogP contribution in [0.2, 0.25) is 0 Å². The zero-order valence-electron chi connectivity index (χ0n) is 15.2. The SMILES string of the molecule is CCOc1ccc(CNC(=NC)NCc2ccccc2F)cc1OC.I. The van der Waals surface area contributed by atoms with Crippen LogP contribution in [0.4, 0.5) is 4.39 Å². The van der Waals surface area contributed by atoms with E-state index in [1.165, 1.54) is 6.07 Å². The molecule has 5 nitrogen and oxygen atoms in total. The van der Waals surface area contributed by atoms with Gasteiger partial charge in [-0.2, -0.15) is 0 Å². The average molecular weight is 473 g/mol. The Balaban J connectivity index is 0.00000338. The van der Waals surface area contributed by atoms with Crippen LogP contribution < -0.4 is 20.1 Å². The van der Waals surface area contributed by atoms with Crippen molar-refractivity contribution >= 4 is 29.9 Å². The monoisotopic (exact) mass is 473 g/mol. The van der Waals surface area contributed by atoms with Gasteiger partial charge in [0.25, 0.3) is 0 Å². The Morgan fingerprint density at radius 2 is 1.81 bits per heavy atom. The van der Waals surface area contributed by atoms with Crippen LogP contribution in [0.3, 0.4) is 0 Å². The van der Waals surface area contributed by atoms with Gasteiger partial charge in [-0.15, -0.1) is 24.0 Å². The van der Waals surface area contributed by atoms with Crippen LogP contribution in [0, 0.1) is 5.82 Å². The Morgan fingerprint density at radius 1 is 1.08 bits per heavy atom. The number of rotatable bonds is 7. The topological polar surface area (TPSA) is 54.9 Å². The normalized spacial score (nSPS) is 10.7. The Hall–Kier alpha value is -2.03. The zero-order valence-corrected chi connectivity index (χ0v) is 17.5. The number of ether oxygens (including phenoxy) is 2. The zero-order chi connectivity index (χ0) is 18.1. The van der Waals surface area contributed by atoms with Crippen LogP contribution in [0.25, 0.3) is 0 Å².